The van der Waals surface area contributed by atoms with Gasteiger partial charge in [-0.15, -0.1) is 0 Å². The predicted octanol–water partition coefficient (Wildman–Crippen LogP) is 4.04. The number of piperidine rings is 1. The third kappa shape index (κ3) is 3.35. The van der Waals surface area contributed by atoms with Crippen molar-refractivity contribution in [1.29, 1.82) is 0 Å². The molecule has 1 aliphatic heterocycles. The van der Waals surface area contributed by atoms with Gasteiger partial charge < -0.3 is 10.0 Å². The third-order valence-corrected chi connectivity index (χ3v) is 5.10. The van der Waals surface area contributed by atoms with Crippen molar-refractivity contribution in [3.8, 4) is 5.75 Å². The number of benzene rings is 1. The Hall–Kier alpha value is -1.02. The van der Waals surface area contributed by atoms with E-state index in [1.54, 1.807) is 6.07 Å². The first-order chi connectivity index (χ1) is 9.41. The van der Waals surface area contributed by atoms with Crippen molar-refractivity contribution in [1.82, 2.24) is 4.90 Å². The first kappa shape index (κ1) is 15.4. The van der Waals surface area contributed by atoms with Crippen molar-refractivity contribution >= 4 is 0 Å². The van der Waals surface area contributed by atoms with Crippen LogP contribution in [0.15, 0.2) is 24.3 Å². The van der Waals surface area contributed by atoms with Crippen LogP contribution in [0.3, 0.4) is 0 Å². The van der Waals surface area contributed by atoms with Crippen molar-refractivity contribution in [2.75, 3.05) is 19.6 Å². The summed E-state index contributed by atoms with van der Waals surface area (Å²) in [4.78, 5) is 2.61. The standard InChI is InChI=1S/C18H29NO/c1-14(2)8-10-19-11-9-18(4,15(3)13-19)16-6-5-7-17(20)12-16/h5-7,12,14-15,20H,8-11,13H2,1-4H3/t15-,18-/m0/s1. The van der Waals surface area contributed by atoms with Gasteiger partial charge in [0, 0.05) is 6.54 Å². The van der Waals surface area contributed by atoms with Gasteiger partial charge in [-0.05, 0) is 60.9 Å². The summed E-state index contributed by atoms with van der Waals surface area (Å²) in [5, 5.41) is 9.73. The zero-order valence-electron chi connectivity index (χ0n) is 13.4. The summed E-state index contributed by atoms with van der Waals surface area (Å²) in [5.41, 5.74) is 1.47. The molecule has 0 aromatic heterocycles. The molecule has 1 aliphatic rings. The van der Waals surface area contributed by atoms with Crippen LogP contribution in [0.2, 0.25) is 0 Å². The smallest absolute Gasteiger partial charge is 0.115 e. The molecular weight excluding hydrogens is 246 g/mol. The SMILES string of the molecule is CC(C)CCN1CC[C@](C)(c2cccc(O)c2)[C@@H](C)C1. The van der Waals surface area contributed by atoms with Crippen LogP contribution >= 0.6 is 0 Å². The predicted molar refractivity (Wildman–Crippen MR) is 85.1 cm³/mol. The van der Waals surface area contributed by atoms with Gasteiger partial charge in [0.15, 0.2) is 0 Å². The number of hydrogen-bond donors (Lipinski definition) is 1. The summed E-state index contributed by atoms with van der Waals surface area (Å²) in [6.07, 6.45) is 2.46. The van der Waals surface area contributed by atoms with E-state index in [2.05, 4.69) is 38.7 Å². The number of aromatic hydroxyl groups is 1. The Morgan fingerprint density at radius 3 is 2.75 bits per heavy atom. The highest BCUT2D eigenvalue weighted by atomic mass is 16.3. The highest BCUT2D eigenvalue weighted by molar-refractivity contribution is 5.33. The average molecular weight is 275 g/mol. The molecule has 1 saturated heterocycles. The van der Waals surface area contributed by atoms with E-state index in [4.69, 9.17) is 0 Å². The molecule has 1 N–H and O–H groups in total. The summed E-state index contributed by atoms with van der Waals surface area (Å²) < 4.78 is 0. The lowest BCUT2D eigenvalue weighted by Gasteiger charge is -2.45. The van der Waals surface area contributed by atoms with Crippen LogP contribution in [-0.4, -0.2) is 29.6 Å². The summed E-state index contributed by atoms with van der Waals surface area (Å²) in [5.74, 6) is 1.79. The van der Waals surface area contributed by atoms with Gasteiger partial charge in [0.2, 0.25) is 0 Å². The first-order valence-corrected chi connectivity index (χ1v) is 7.93. The quantitative estimate of drug-likeness (QED) is 0.896. The molecule has 20 heavy (non-hydrogen) atoms. The lowest BCUT2D eigenvalue weighted by Crippen LogP contribution is -2.47. The molecule has 0 aliphatic carbocycles. The van der Waals surface area contributed by atoms with Crippen molar-refractivity contribution in [2.45, 2.75) is 46.0 Å². The van der Waals surface area contributed by atoms with Crippen LogP contribution in [0.1, 0.15) is 46.1 Å². The number of likely N-dealkylation sites (tertiary alicyclic amines) is 1. The molecule has 2 heteroatoms. The van der Waals surface area contributed by atoms with E-state index in [0.717, 1.165) is 5.92 Å². The van der Waals surface area contributed by atoms with Gasteiger partial charge in [-0.3, -0.25) is 0 Å². The molecule has 1 aromatic carbocycles. The van der Waals surface area contributed by atoms with Crippen LogP contribution in [0, 0.1) is 11.8 Å². The lowest BCUT2D eigenvalue weighted by atomic mass is 9.68. The number of rotatable bonds is 4. The molecule has 0 amide bonds. The molecule has 0 radical (unpaired) electrons. The summed E-state index contributed by atoms with van der Waals surface area (Å²) >= 11 is 0. The lowest BCUT2D eigenvalue weighted by molar-refractivity contribution is 0.107. The molecule has 0 saturated carbocycles. The second-order valence-electron chi connectivity index (χ2n) is 7.10. The van der Waals surface area contributed by atoms with Crippen LogP contribution in [0.5, 0.6) is 5.75 Å². The van der Waals surface area contributed by atoms with E-state index in [9.17, 15) is 5.11 Å². The Labute approximate surface area is 123 Å². The van der Waals surface area contributed by atoms with Crippen molar-refractivity contribution in [3.05, 3.63) is 29.8 Å². The molecule has 1 aromatic rings. The Bertz CT molecular complexity index is 443. The second kappa shape index (κ2) is 6.17. The highest BCUT2D eigenvalue weighted by Crippen LogP contribution is 2.40. The molecule has 0 spiro atoms. The molecule has 2 atom stereocenters. The molecule has 1 fully saturated rings. The van der Waals surface area contributed by atoms with E-state index < -0.39 is 0 Å². The molecule has 0 unspecified atom stereocenters. The maximum absolute atomic E-state index is 9.73. The van der Waals surface area contributed by atoms with E-state index in [0.29, 0.717) is 11.7 Å². The Morgan fingerprint density at radius 2 is 2.15 bits per heavy atom. The van der Waals surface area contributed by atoms with Crippen LogP contribution < -0.4 is 0 Å². The van der Waals surface area contributed by atoms with Gasteiger partial charge in [-0.2, -0.15) is 0 Å². The normalized spacial score (nSPS) is 27.9. The number of phenols is 1. The number of phenolic OH excluding ortho intramolecular Hbond substituents is 1. The van der Waals surface area contributed by atoms with Crippen molar-refractivity contribution in [2.24, 2.45) is 11.8 Å². The average Bonchev–Trinajstić information content (AvgIpc) is 2.40. The van der Waals surface area contributed by atoms with Crippen molar-refractivity contribution in [3.63, 3.8) is 0 Å². The Kier molecular flexibility index (Phi) is 4.74. The van der Waals surface area contributed by atoms with E-state index in [1.165, 1.54) is 38.0 Å². The fourth-order valence-electron chi connectivity index (χ4n) is 3.25. The summed E-state index contributed by atoms with van der Waals surface area (Å²) in [7, 11) is 0. The second-order valence-corrected chi connectivity index (χ2v) is 7.10. The fraction of sp³-hybridized carbons (Fsp3) is 0.667. The molecule has 2 rings (SSSR count). The van der Waals surface area contributed by atoms with Gasteiger partial charge in [-0.25, -0.2) is 0 Å². The monoisotopic (exact) mass is 275 g/mol. The maximum atomic E-state index is 9.73. The zero-order chi connectivity index (χ0) is 14.8. The van der Waals surface area contributed by atoms with Crippen LogP contribution in [0.4, 0.5) is 0 Å². The maximum Gasteiger partial charge on any atom is 0.115 e. The summed E-state index contributed by atoms with van der Waals surface area (Å²) in [6.45, 7) is 12.9. The van der Waals surface area contributed by atoms with Gasteiger partial charge >= 0.3 is 0 Å². The van der Waals surface area contributed by atoms with Gasteiger partial charge in [0.1, 0.15) is 5.75 Å². The molecule has 1 heterocycles. The largest absolute Gasteiger partial charge is 0.508 e. The van der Waals surface area contributed by atoms with E-state index in [1.807, 2.05) is 12.1 Å². The van der Waals surface area contributed by atoms with E-state index >= 15 is 0 Å². The minimum absolute atomic E-state index is 0.188. The van der Waals surface area contributed by atoms with Gasteiger partial charge in [0.05, 0.1) is 0 Å². The molecule has 112 valence electrons. The Balaban J connectivity index is 2.05. The molecular formula is C18H29NO. The zero-order valence-corrected chi connectivity index (χ0v) is 13.4. The van der Waals surface area contributed by atoms with E-state index in [-0.39, 0.29) is 5.41 Å². The topological polar surface area (TPSA) is 23.5 Å². The number of hydrogen-bond acceptors (Lipinski definition) is 2. The van der Waals surface area contributed by atoms with Crippen LogP contribution in [-0.2, 0) is 5.41 Å². The summed E-state index contributed by atoms with van der Waals surface area (Å²) in [6, 6.07) is 7.84. The number of nitrogens with zero attached hydrogens (tertiary/aromatic N) is 1. The Morgan fingerprint density at radius 1 is 1.40 bits per heavy atom. The molecule has 0 bridgehead atoms. The minimum atomic E-state index is 0.188. The van der Waals surface area contributed by atoms with Crippen molar-refractivity contribution < 1.29 is 5.11 Å². The minimum Gasteiger partial charge on any atom is -0.508 e. The van der Waals surface area contributed by atoms with Crippen LogP contribution in [0.25, 0.3) is 0 Å². The first-order valence-electron chi connectivity index (χ1n) is 7.93. The van der Waals surface area contributed by atoms with Gasteiger partial charge in [0.25, 0.3) is 0 Å². The highest BCUT2D eigenvalue weighted by Gasteiger charge is 2.37. The molecule has 2 nitrogen and oxygen atoms in total. The third-order valence-electron chi connectivity index (χ3n) is 5.10. The fourth-order valence-corrected chi connectivity index (χ4v) is 3.25. The van der Waals surface area contributed by atoms with Gasteiger partial charge in [-0.1, -0.05) is 39.8 Å².